The van der Waals surface area contributed by atoms with E-state index in [-0.39, 0.29) is 36.5 Å². The number of benzene rings is 3. The third-order valence-corrected chi connectivity index (χ3v) is 4.40. The Hall–Kier alpha value is -4.19. The van der Waals surface area contributed by atoms with E-state index in [0.717, 1.165) is 11.1 Å². The Labute approximate surface area is 186 Å². The zero-order valence-corrected chi connectivity index (χ0v) is 17.4. The number of rotatable bonds is 9. The second-order valence-corrected chi connectivity index (χ2v) is 6.81. The van der Waals surface area contributed by atoms with E-state index >= 15 is 0 Å². The second-order valence-electron chi connectivity index (χ2n) is 6.81. The van der Waals surface area contributed by atoms with Crippen LogP contribution >= 0.6 is 0 Å². The van der Waals surface area contributed by atoms with Crippen LogP contribution in [0.5, 0.6) is 0 Å². The first-order valence-electron chi connectivity index (χ1n) is 9.92. The Morgan fingerprint density at radius 1 is 0.625 bits per heavy atom. The van der Waals surface area contributed by atoms with Crippen LogP contribution in [0.4, 0.5) is 0 Å². The van der Waals surface area contributed by atoms with E-state index in [1.54, 1.807) is 0 Å². The van der Waals surface area contributed by atoms with Crippen molar-refractivity contribution in [2.24, 2.45) is 0 Å². The van der Waals surface area contributed by atoms with Crippen LogP contribution in [0.3, 0.4) is 0 Å². The van der Waals surface area contributed by atoms with Crippen LogP contribution in [0.25, 0.3) is 0 Å². The van der Waals surface area contributed by atoms with E-state index in [9.17, 15) is 14.4 Å². The monoisotopic (exact) mass is 430 g/mol. The van der Waals surface area contributed by atoms with Crippen molar-refractivity contribution in [3.05, 3.63) is 119 Å². The van der Waals surface area contributed by atoms with Crippen molar-refractivity contribution in [1.82, 2.24) is 0 Å². The molecule has 3 aromatic carbocycles. The van der Waals surface area contributed by atoms with Gasteiger partial charge in [0, 0.05) is 0 Å². The van der Waals surface area contributed by atoms with Crippen molar-refractivity contribution in [3.8, 4) is 0 Å². The minimum absolute atomic E-state index is 0.00466. The first kappa shape index (κ1) is 22.5. The van der Waals surface area contributed by atoms with Crippen LogP contribution in [0.15, 0.2) is 91.5 Å². The molecule has 0 bridgehead atoms. The highest BCUT2D eigenvalue weighted by molar-refractivity contribution is 6.00. The van der Waals surface area contributed by atoms with E-state index < -0.39 is 17.9 Å². The van der Waals surface area contributed by atoms with Crippen molar-refractivity contribution >= 4 is 17.9 Å². The maximum Gasteiger partial charge on any atom is 0.338 e. The molecule has 0 heterocycles. The van der Waals surface area contributed by atoms with Gasteiger partial charge in [-0.05, 0) is 29.3 Å². The van der Waals surface area contributed by atoms with Gasteiger partial charge >= 0.3 is 17.9 Å². The van der Waals surface area contributed by atoms with Gasteiger partial charge in [-0.25, -0.2) is 14.4 Å². The van der Waals surface area contributed by atoms with Gasteiger partial charge in [0.05, 0.1) is 16.7 Å². The lowest BCUT2D eigenvalue weighted by molar-refractivity contribution is 0.0470. The minimum atomic E-state index is -0.695. The fourth-order valence-corrected chi connectivity index (χ4v) is 2.81. The van der Waals surface area contributed by atoms with Gasteiger partial charge in [-0.3, -0.25) is 0 Å². The Morgan fingerprint density at radius 3 is 1.38 bits per heavy atom. The summed E-state index contributed by atoms with van der Waals surface area (Å²) in [4.78, 5) is 37.6. The van der Waals surface area contributed by atoms with Gasteiger partial charge in [0.2, 0.25) is 0 Å². The van der Waals surface area contributed by atoms with Crippen molar-refractivity contribution in [1.29, 1.82) is 0 Å². The predicted molar refractivity (Wildman–Crippen MR) is 118 cm³/mol. The number of ether oxygens (including phenoxy) is 3. The third-order valence-electron chi connectivity index (χ3n) is 4.40. The normalized spacial score (nSPS) is 10.1. The summed E-state index contributed by atoms with van der Waals surface area (Å²) in [5, 5.41) is 0. The highest BCUT2D eigenvalue weighted by Crippen LogP contribution is 2.16. The summed E-state index contributed by atoms with van der Waals surface area (Å²) in [6.45, 7) is 3.60. The molecule has 0 saturated heterocycles. The molecule has 0 atom stereocenters. The molecule has 0 aliphatic rings. The zero-order chi connectivity index (χ0) is 22.8. The van der Waals surface area contributed by atoms with Crippen LogP contribution in [0.2, 0.25) is 0 Å². The molecule has 0 aromatic heterocycles. The van der Waals surface area contributed by atoms with Crippen LogP contribution in [-0.2, 0) is 27.4 Å². The molecule has 0 radical (unpaired) electrons. The van der Waals surface area contributed by atoms with Gasteiger partial charge in [0.15, 0.2) is 0 Å². The fourth-order valence-electron chi connectivity index (χ4n) is 2.81. The zero-order valence-electron chi connectivity index (χ0n) is 17.4. The van der Waals surface area contributed by atoms with E-state index in [0.29, 0.717) is 0 Å². The summed E-state index contributed by atoms with van der Waals surface area (Å²) in [5.74, 6) is -2.05. The highest BCUT2D eigenvalue weighted by Gasteiger charge is 2.19. The van der Waals surface area contributed by atoms with Gasteiger partial charge in [-0.2, -0.15) is 0 Å². The molecule has 0 amide bonds. The molecule has 3 aromatic rings. The van der Waals surface area contributed by atoms with Gasteiger partial charge in [-0.1, -0.05) is 73.3 Å². The van der Waals surface area contributed by atoms with Crippen LogP contribution in [-0.4, -0.2) is 24.5 Å². The summed E-state index contributed by atoms with van der Waals surface area (Å²) >= 11 is 0. The van der Waals surface area contributed by atoms with E-state index in [1.165, 1.54) is 24.3 Å². The average Bonchev–Trinajstić information content (AvgIpc) is 2.85. The molecule has 6 nitrogen and oxygen atoms in total. The number of esters is 3. The van der Waals surface area contributed by atoms with Gasteiger partial charge in [0.1, 0.15) is 19.8 Å². The molecule has 0 N–H and O–H groups in total. The van der Waals surface area contributed by atoms with Crippen molar-refractivity contribution in [3.63, 3.8) is 0 Å². The van der Waals surface area contributed by atoms with Crippen LogP contribution in [0.1, 0.15) is 42.2 Å². The molecular weight excluding hydrogens is 408 g/mol. The summed E-state index contributed by atoms with van der Waals surface area (Å²) in [6.07, 6.45) is 1.42. The molecule has 0 aliphatic heterocycles. The second kappa shape index (κ2) is 11.3. The quantitative estimate of drug-likeness (QED) is 0.277. The maximum absolute atomic E-state index is 12.6. The van der Waals surface area contributed by atoms with Crippen LogP contribution in [0, 0.1) is 0 Å². The van der Waals surface area contributed by atoms with Gasteiger partial charge in [-0.15, -0.1) is 0 Å². The lowest BCUT2D eigenvalue weighted by Gasteiger charge is -2.10. The minimum Gasteiger partial charge on any atom is -0.458 e. The first-order valence-corrected chi connectivity index (χ1v) is 9.92. The molecule has 0 spiro atoms. The largest absolute Gasteiger partial charge is 0.458 e. The molecule has 3 rings (SSSR count). The SMILES string of the molecule is C=CCOC(=O)c1cc(C(=O)OCc2ccccc2)cc(C(=O)OCc2ccccc2)c1. The van der Waals surface area contributed by atoms with Crippen molar-refractivity contribution < 1.29 is 28.6 Å². The Balaban J connectivity index is 1.79. The molecule has 6 heteroatoms. The van der Waals surface area contributed by atoms with E-state index in [4.69, 9.17) is 14.2 Å². The van der Waals surface area contributed by atoms with Crippen molar-refractivity contribution in [2.45, 2.75) is 13.2 Å². The standard InChI is InChI=1S/C26H22O6/c1-2-13-30-24(27)21-14-22(25(28)31-17-19-9-5-3-6-10-19)16-23(15-21)26(29)32-18-20-11-7-4-8-12-20/h2-12,14-16H,1,13,17-18H2. The maximum atomic E-state index is 12.6. The average molecular weight is 430 g/mol. The topological polar surface area (TPSA) is 78.9 Å². The highest BCUT2D eigenvalue weighted by atomic mass is 16.5. The Kier molecular flexibility index (Phi) is 7.92. The Morgan fingerprint density at radius 2 is 1.00 bits per heavy atom. The number of hydrogen-bond donors (Lipinski definition) is 0. The first-order chi connectivity index (χ1) is 15.6. The summed E-state index contributed by atoms with van der Waals surface area (Å²) < 4.78 is 15.7. The molecule has 0 fully saturated rings. The summed E-state index contributed by atoms with van der Waals surface area (Å²) in [5.41, 5.74) is 1.74. The number of hydrogen-bond acceptors (Lipinski definition) is 6. The third kappa shape index (κ3) is 6.40. The molecule has 32 heavy (non-hydrogen) atoms. The number of carbonyl (C=O) groups excluding carboxylic acids is 3. The molecule has 0 aliphatic carbocycles. The van der Waals surface area contributed by atoms with E-state index in [1.807, 2.05) is 60.7 Å². The molecule has 0 saturated carbocycles. The number of carbonyl (C=O) groups is 3. The molecular formula is C26H22O6. The van der Waals surface area contributed by atoms with Gasteiger partial charge < -0.3 is 14.2 Å². The Bertz CT molecular complexity index is 1020. The van der Waals surface area contributed by atoms with Gasteiger partial charge in [0.25, 0.3) is 0 Å². The molecule has 162 valence electrons. The summed E-state index contributed by atoms with van der Waals surface area (Å²) in [6, 6.07) is 22.3. The lowest BCUT2D eigenvalue weighted by Crippen LogP contribution is -2.13. The van der Waals surface area contributed by atoms with Crippen molar-refractivity contribution in [2.75, 3.05) is 6.61 Å². The van der Waals surface area contributed by atoms with Crippen LogP contribution < -0.4 is 0 Å². The fraction of sp³-hybridized carbons (Fsp3) is 0.115. The van der Waals surface area contributed by atoms with E-state index in [2.05, 4.69) is 6.58 Å². The predicted octanol–water partition coefficient (Wildman–Crippen LogP) is 4.74. The summed E-state index contributed by atoms with van der Waals surface area (Å²) in [7, 11) is 0. The lowest BCUT2D eigenvalue weighted by atomic mass is 10.1. The molecule has 0 unspecified atom stereocenters. The smallest absolute Gasteiger partial charge is 0.338 e.